The van der Waals surface area contributed by atoms with Crippen LogP contribution in [0.1, 0.15) is 25.7 Å². The van der Waals surface area contributed by atoms with Gasteiger partial charge in [-0.3, -0.25) is 4.79 Å². The lowest BCUT2D eigenvalue weighted by molar-refractivity contribution is -0.118. The van der Waals surface area contributed by atoms with E-state index < -0.39 is 0 Å². The van der Waals surface area contributed by atoms with E-state index in [1.165, 1.54) is 0 Å². The second-order valence-corrected chi connectivity index (χ2v) is 2.73. The summed E-state index contributed by atoms with van der Waals surface area (Å²) < 4.78 is 0. The van der Waals surface area contributed by atoms with E-state index in [1.54, 1.807) is 0 Å². The summed E-state index contributed by atoms with van der Waals surface area (Å²) in [6.45, 7) is 3.52. The van der Waals surface area contributed by atoms with Crippen LogP contribution >= 0.6 is 11.6 Å². The zero-order valence-electron chi connectivity index (χ0n) is 5.90. The molecule has 2 N–H and O–H groups in total. The molecule has 0 aliphatic heterocycles. The van der Waals surface area contributed by atoms with Gasteiger partial charge in [0, 0.05) is 11.5 Å². The minimum Gasteiger partial charge on any atom is -0.370 e. The van der Waals surface area contributed by atoms with Crippen LogP contribution in [0.15, 0.2) is 11.6 Å². The number of carbonyl (C=O) groups is 1. The Morgan fingerprint density at radius 1 is 1.40 bits per heavy atom. The first-order valence-electron chi connectivity index (χ1n) is 3.24. The molecule has 0 aliphatic rings. The van der Waals surface area contributed by atoms with Crippen molar-refractivity contribution in [2.45, 2.75) is 25.7 Å². The van der Waals surface area contributed by atoms with E-state index >= 15 is 0 Å². The highest BCUT2D eigenvalue weighted by Crippen LogP contribution is 2.09. The van der Waals surface area contributed by atoms with Crippen molar-refractivity contribution >= 4 is 17.5 Å². The van der Waals surface area contributed by atoms with Crippen LogP contribution in [0.5, 0.6) is 0 Å². The minimum absolute atomic E-state index is 0.250. The molecule has 0 saturated heterocycles. The van der Waals surface area contributed by atoms with Crippen molar-refractivity contribution in [3.63, 3.8) is 0 Å². The highest BCUT2D eigenvalue weighted by molar-refractivity contribution is 6.29. The molecule has 0 bridgehead atoms. The lowest BCUT2D eigenvalue weighted by Crippen LogP contribution is -2.09. The lowest BCUT2D eigenvalue weighted by Gasteiger charge is -1.95. The van der Waals surface area contributed by atoms with Gasteiger partial charge in [-0.15, -0.1) is 0 Å². The standard InChI is InChI=1S/C7H12ClNO/c1-6(8)4-2-3-5-7(9)10/h1-5H2,(H2,9,10). The van der Waals surface area contributed by atoms with Crippen molar-refractivity contribution < 1.29 is 4.79 Å². The van der Waals surface area contributed by atoms with Crippen molar-refractivity contribution in [2.75, 3.05) is 0 Å². The zero-order chi connectivity index (χ0) is 7.98. The van der Waals surface area contributed by atoms with Gasteiger partial charge >= 0.3 is 0 Å². The Bertz CT molecular complexity index is 118. The fourth-order valence-electron chi connectivity index (χ4n) is 0.616. The Morgan fingerprint density at radius 3 is 2.30 bits per heavy atom. The van der Waals surface area contributed by atoms with Crippen molar-refractivity contribution in [2.24, 2.45) is 5.73 Å². The Labute approximate surface area is 66.0 Å². The number of hydrogen-bond acceptors (Lipinski definition) is 1. The molecule has 0 aromatic heterocycles. The zero-order valence-corrected chi connectivity index (χ0v) is 6.66. The average molecular weight is 162 g/mol. The van der Waals surface area contributed by atoms with Crippen LogP contribution in [0.25, 0.3) is 0 Å². The van der Waals surface area contributed by atoms with Gasteiger partial charge < -0.3 is 5.73 Å². The number of halogens is 1. The van der Waals surface area contributed by atoms with Crippen LogP contribution in [0.2, 0.25) is 0 Å². The van der Waals surface area contributed by atoms with Gasteiger partial charge in [0.25, 0.3) is 0 Å². The normalized spacial score (nSPS) is 9.30. The number of allylic oxidation sites excluding steroid dienone is 1. The first-order valence-corrected chi connectivity index (χ1v) is 3.62. The Balaban J connectivity index is 3.06. The first kappa shape index (κ1) is 9.50. The summed E-state index contributed by atoms with van der Waals surface area (Å²) >= 11 is 5.48. The molecule has 10 heavy (non-hydrogen) atoms. The molecule has 0 atom stereocenters. The summed E-state index contributed by atoms with van der Waals surface area (Å²) in [5.41, 5.74) is 4.91. The average Bonchev–Trinajstić information content (AvgIpc) is 1.79. The molecule has 0 aliphatic carbocycles. The van der Waals surface area contributed by atoms with Gasteiger partial charge in [-0.05, 0) is 19.3 Å². The van der Waals surface area contributed by atoms with Gasteiger partial charge in [0.1, 0.15) is 0 Å². The largest absolute Gasteiger partial charge is 0.370 e. The number of nitrogens with two attached hydrogens (primary N) is 1. The number of carbonyl (C=O) groups excluding carboxylic acids is 1. The molecule has 0 saturated carbocycles. The van der Waals surface area contributed by atoms with Gasteiger partial charge in [0.2, 0.25) is 5.91 Å². The van der Waals surface area contributed by atoms with Crippen LogP contribution < -0.4 is 5.73 Å². The van der Waals surface area contributed by atoms with E-state index in [9.17, 15) is 4.79 Å². The van der Waals surface area contributed by atoms with E-state index in [4.69, 9.17) is 17.3 Å². The number of amides is 1. The maximum absolute atomic E-state index is 10.2. The predicted octanol–water partition coefficient (Wildman–Crippen LogP) is 1.78. The maximum Gasteiger partial charge on any atom is 0.217 e. The second-order valence-electron chi connectivity index (χ2n) is 2.19. The van der Waals surface area contributed by atoms with E-state index in [1.807, 2.05) is 0 Å². The van der Waals surface area contributed by atoms with Gasteiger partial charge in [-0.25, -0.2) is 0 Å². The van der Waals surface area contributed by atoms with Gasteiger partial charge in [0.15, 0.2) is 0 Å². The smallest absolute Gasteiger partial charge is 0.217 e. The molecule has 3 heteroatoms. The SMILES string of the molecule is C=C(Cl)CCCCC(N)=O. The summed E-state index contributed by atoms with van der Waals surface area (Å²) in [6.07, 6.45) is 2.92. The summed E-state index contributed by atoms with van der Waals surface area (Å²) in [7, 11) is 0. The molecule has 0 aromatic carbocycles. The van der Waals surface area contributed by atoms with Crippen LogP contribution in [-0.2, 0) is 4.79 Å². The highest BCUT2D eigenvalue weighted by atomic mass is 35.5. The number of primary amides is 1. The molecule has 0 fully saturated rings. The first-order chi connectivity index (χ1) is 4.63. The van der Waals surface area contributed by atoms with Gasteiger partial charge in [-0.2, -0.15) is 0 Å². The number of hydrogen-bond donors (Lipinski definition) is 1. The summed E-state index contributed by atoms with van der Waals surface area (Å²) in [5.74, 6) is -0.250. The third-order valence-electron chi connectivity index (χ3n) is 1.12. The summed E-state index contributed by atoms with van der Waals surface area (Å²) in [6, 6.07) is 0. The Kier molecular flexibility index (Phi) is 5.03. The van der Waals surface area contributed by atoms with Crippen LogP contribution in [0, 0.1) is 0 Å². The van der Waals surface area contributed by atoms with Crippen molar-refractivity contribution in [3.8, 4) is 0 Å². The molecule has 0 unspecified atom stereocenters. The second kappa shape index (κ2) is 5.30. The molecule has 0 rings (SSSR count). The molecule has 1 amide bonds. The van der Waals surface area contributed by atoms with E-state index in [-0.39, 0.29) is 5.91 Å². The Hall–Kier alpha value is -0.500. The number of rotatable bonds is 5. The predicted molar refractivity (Wildman–Crippen MR) is 42.7 cm³/mol. The quantitative estimate of drug-likeness (QED) is 0.614. The number of unbranched alkanes of at least 4 members (excludes halogenated alkanes) is 1. The van der Waals surface area contributed by atoms with Crippen LogP contribution in [0.3, 0.4) is 0 Å². The van der Waals surface area contributed by atoms with Crippen molar-refractivity contribution in [3.05, 3.63) is 11.6 Å². The molecule has 0 spiro atoms. The van der Waals surface area contributed by atoms with Crippen molar-refractivity contribution in [1.82, 2.24) is 0 Å². The van der Waals surface area contributed by atoms with Gasteiger partial charge in [0.05, 0.1) is 0 Å². The summed E-state index contributed by atoms with van der Waals surface area (Å²) in [5, 5.41) is 0.643. The molecule has 0 aromatic rings. The van der Waals surface area contributed by atoms with E-state index in [0.29, 0.717) is 11.5 Å². The maximum atomic E-state index is 10.2. The third kappa shape index (κ3) is 7.50. The molecular weight excluding hydrogens is 150 g/mol. The summed E-state index contributed by atoms with van der Waals surface area (Å²) in [4.78, 5) is 10.2. The van der Waals surface area contributed by atoms with Crippen LogP contribution in [-0.4, -0.2) is 5.91 Å². The van der Waals surface area contributed by atoms with Gasteiger partial charge in [-0.1, -0.05) is 18.2 Å². The minimum atomic E-state index is -0.250. The molecule has 58 valence electrons. The fraction of sp³-hybridized carbons (Fsp3) is 0.571. The van der Waals surface area contributed by atoms with E-state index in [2.05, 4.69) is 6.58 Å². The third-order valence-corrected chi connectivity index (χ3v) is 1.31. The van der Waals surface area contributed by atoms with E-state index in [0.717, 1.165) is 19.3 Å². The molecule has 0 radical (unpaired) electrons. The Morgan fingerprint density at radius 2 is 1.90 bits per heavy atom. The fourth-order valence-corrected chi connectivity index (χ4v) is 0.750. The lowest BCUT2D eigenvalue weighted by atomic mass is 10.2. The van der Waals surface area contributed by atoms with Crippen molar-refractivity contribution in [1.29, 1.82) is 0 Å². The van der Waals surface area contributed by atoms with Crippen LogP contribution in [0.4, 0.5) is 0 Å². The highest BCUT2D eigenvalue weighted by Gasteiger charge is 1.94. The molecule has 0 heterocycles. The molecule has 2 nitrogen and oxygen atoms in total. The topological polar surface area (TPSA) is 43.1 Å². The monoisotopic (exact) mass is 161 g/mol. The molecular formula is C7H12ClNO.